The topological polar surface area (TPSA) is 337 Å². The van der Waals surface area contributed by atoms with Crippen molar-refractivity contribution in [2.75, 3.05) is 48.6 Å². The molecule has 26 nitrogen and oxygen atoms in total. The minimum absolute atomic E-state index is 0.149. The summed E-state index contributed by atoms with van der Waals surface area (Å²) in [6, 6.07) is 90.5. The molecule has 133 heavy (non-hydrogen) atoms. The second-order valence-electron chi connectivity index (χ2n) is 33.3. The van der Waals surface area contributed by atoms with Gasteiger partial charge >= 0.3 is 0 Å². The molecular weight excluding hydrogens is 1670 g/mol. The van der Waals surface area contributed by atoms with Crippen molar-refractivity contribution in [1.29, 1.82) is 0 Å². The summed E-state index contributed by atoms with van der Waals surface area (Å²) in [5.41, 5.74) is 26.7. The fourth-order valence-electron chi connectivity index (χ4n) is 17.3. The number of carbonyl (C=O) groups is 3. The lowest BCUT2D eigenvalue weighted by Crippen LogP contribution is -2.59. The van der Waals surface area contributed by atoms with Crippen molar-refractivity contribution in [3.05, 3.63) is 399 Å². The number of para-hydroxylation sites is 3. The van der Waals surface area contributed by atoms with E-state index in [1.54, 1.807) is 41.6 Å². The van der Waals surface area contributed by atoms with Crippen LogP contribution in [-0.2, 0) is 88.8 Å². The average Bonchev–Trinajstić information content (AvgIpc) is 1.67. The van der Waals surface area contributed by atoms with Crippen LogP contribution in [0, 0.1) is 0 Å². The van der Waals surface area contributed by atoms with Gasteiger partial charge in [0.15, 0.2) is 17.5 Å². The molecule has 11 N–H and O–H groups in total. The number of nitrogens with one attached hydrogen (secondary N) is 7. The van der Waals surface area contributed by atoms with Gasteiger partial charge in [-0.1, -0.05) is 188 Å². The molecule has 26 heteroatoms. The highest BCUT2D eigenvalue weighted by atomic mass is 16.5. The zero-order valence-electron chi connectivity index (χ0n) is 75.5. The molecule has 11 aromatic carbocycles. The third-order valence-electron chi connectivity index (χ3n) is 24.7. The largest absolute Gasteiger partial charge is 0.497 e. The van der Waals surface area contributed by atoms with Gasteiger partial charge in [0.05, 0.1) is 78.8 Å². The molecule has 17 aromatic rings. The number of nitrogens with two attached hydrogens (primary N) is 2. The van der Waals surface area contributed by atoms with Crippen LogP contribution >= 0.6 is 0 Å². The Balaban J connectivity index is 0.000000145. The summed E-state index contributed by atoms with van der Waals surface area (Å²) in [4.78, 5) is 51.3. The van der Waals surface area contributed by atoms with E-state index in [4.69, 9.17) is 65.7 Å². The number of rotatable bonds is 36. The maximum absolute atomic E-state index is 13.8. The molecule has 0 bridgehead atoms. The third kappa shape index (κ3) is 22.6. The number of fused-ring (bicyclic) bond motifs is 3. The lowest BCUT2D eigenvalue weighted by molar-refractivity contribution is -0.128. The van der Waals surface area contributed by atoms with Crippen LogP contribution in [0.15, 0.2) is 298 Å². The van der Waals surface area contributed by atoms with Crippen LogP contribution in [0.3, 0.4) is 0 Å². The zero-order chi connectivity index (χ0) is 91.8. The van der Waals surface area contributed by atoms with Gasteiger partial charge in [0.25, 0.3) is 11.8 Å². The van der Waals surface area contributed by atoms with Gasteiger partial charge in [-0.25, -0.2) is 0 Å². The monoisotopic (exact) mass is 1780 g/mol. The molecule has 1 fully saturated rings. The van der Waals surface area contributed by atoms with Crippen molar-refractivity contribution in [3.63, 3.8) is 0 Å². The highest BCUT2D eigenvalue weighted by Gasteiger charge is 2.38. The first kappa shape index (κ1) is 91.1. The first-order chi connectivity index (χ1) is 65.2. The Hall–Kier alpha value is -15.3. The fraction of sp³-hybridized carbons (Fsp3) is 0.243. The van der Waals surface area contributed by atoms with Crippen LogP contribution in [0.2, 0.25) is 0 Å². The second-order valence-corrected chi connectivity index (χ2v) is 33.3. The summed E-state index contributed by atoms with van der Waals surface area (Å²) in [6.07, 6.45) is 13.3. The van der Waals surface area contributed by atoms with Gasteiger partial charge in [-0.3, -0.25) is 14.4 Å². The van der Waals surface area contributed by atoms with E-state index in [9.17, 15) is 14.4 Å². The number of piperidine rings is 1. The average molecular weight is 1780 g/mol. The van der Waals surface area contributed by atoms with Gasteiger partial charge in [0, 0.05) is 131 Å². The Bertz CT molecular complexity index is 6700. The van der Waals surface area contributed by atoms with Gasteiger partial charge in [-0.15, -0.1) is 30.6 Å². The summed E-state index contributed by atoms with van der Waals surface area (Å²) in [5.74, 6) is 7.69. The van der Waals surface area contributed by atoms with Crippen LogP contribution in [0.1, 0.15) is 142 Å². The number of benzene rings is 11. The molecule has 6 aromatic heterocycles. The summed E-state index contributed by atoms with van der Waals surface area (Å²) < 4.78 is 34.2. The molecule has 1 saturated heterocycles. The molecule has 7 heterocycles. The highest BCUT2D eigenvalue weighted by Crippen LogP contribution is 2.35. The third-order valence-corrected chi connectivity index (χ3v) is 24.7. The molecule has 0 spiro atoms. The Labute approximate surface area is 773 Å². The van der Waals surface area contributed by atoms with Gasteiger partial charge in [0.2, 0.25) is 5.91 Å². The number of carbonyl (C=O) groups excluding carboxylic acids is 3. The van der Waals surface area contributed by atoms with E-state index in [2.05, 4.69) is 141 Å². The summed E-state index contributed by atoms with van der Waals surface area (Å²) >= 11 is 0. The summed E-state index contributed by atoms with van der Waals surface area (Å²) in [6.45, 7) is 3.26. The minimum atomic E-state index is -0.930. The number of aromatic amines is 3. The van der Waals surface area contributed by atoms with Crippen LogP contribution in [0.25, 0.3) is 32.7 Å². The van der Waals surface area contributed by atoms with E-state index >= 15 is 0 Å². The second kappa shape index (κ2) is 43.9. The quantitative estimate of drug-likeness (QED) is 0.0176. The maximum atomic E-state index is 13.8. The van der Waals surface area contributed by atoms with Crippen molar-refractivity contribution in [3.8, 4) is 28.7 Å². The van der Waals surface area contributed by atoms with E-state index in [1.165, 1.54) is 16.7 Å². The molecule has 3 amide bonds. The molecule has 18 rings (SSSR count). The molecule has 0 aliphatic carbocycles. The highest BCUT2D eigenvalue weighted by molar-refractivity contribution is 5.95. The van der Waals surface area contributed by atoms with E-state index < -0.39 is 23.7 Å². The first-order valence-corrected chi connectivity index (χ1v) is 45.0. The van der Waals surface area contributed by atoms with Crippen LogP contribution in [-0.4, -0.2) is 131 Å². The number of hydrogen-bond acceptors (Lipinski definition) is 17. The number of ether oxygens (including phenoxy) is 5. The Morgan fingerprint density at radius 1 is 0.361 bits per heavy atom. The molecule has 0 unspecified atom stereocenters. The number of aryl methyl sites for hydroxylation is 6. The first-order valence-electron chi connectivity index (χ1n) is 45.0. The van der Waals surface area contributed by atoms with Gasteiger partial charge in [-0.2, -0.15) is 0 Å². The van der Waals surface area contributed by atoms with Crippen LogP contribution in [0.4, 0.5) is 0 Å². The number of nitrogens with zero attached hydrogens (tertiary/aromatic N) is 9. The predicted octanol–water partition coefficient (Wildman–Crippen LogP) is 16.2. The number of methoxy groups -OCH3 is 5. The van der Waals surface area contributed by atoms with Gasteiger partial charge in [0.1, 0.15) is 46.2 Å². The maximum Gasteiger partial charge on any atom is 0.251 e. The van der Waals surface area contributed by atoms with Gasteiger partial charge < -0.3 is 85.1 Å². The molecule has 0 saturated carbocycles. The van der Waals surface area contributed by atoms with E-state index in [0.717, 1.165) is 120 Å². The molecule has 0 radical (unpaired) electrons. The van der Waals surface area contributed by atoms with Crippen molar-refractivity contribution in [1.82, 2.24) is 80.5 Å². The van der Waals surface area contributed by atoms with Crippen molar-refractivity contribution in [2.24, 2.45) is 11.5 Å². The number of H-pyrrole nitrogens is 3. The summed E-state index contributed by atoms with van der Waals surface area (Å²) in [7, 11) is 8.24. The van der Waals surface area contributed by atoms with E-state index in [1.807, 2.05) is 201 Å². The van der Waals surface area contributed by atoms with Crippen molar-refractivity contribution >= 4 is 50.4 Å². The van der Waals surface area contributed by atoms with Crippen molar-refractivity contribution < 1.29 is 38.1 Å². The minimum Gasteiger partial charge on any atom is -0.497 e. The molecule has 678 valence electrons. The SMILES string of the molecule is COc1ccc(Cn2c(CCc3ccccc3)nnc2[C@@H](Cc2c[nH]c3ccccc23)NC(=O)C2(N)CCNCC2)cc1.COc1ccc(Cn2c(CCc3ccccc3)nnc2[C@@H](Cc2c[nH]c3ccccc23)NC(=O)c2cccc(CN)c2)c(OC)c1.COc1ccc(Cn2c(CCc3ccccc3)nnc2[C@@H](Cc2c[nH]c3ccccc23)NC(=O)c2ccccc2)c(OC)c1. The number of amides is 3. The van der Waals surface area contributed by atoms with Gasteiger partial charge in [-0.05, 0) is 169 Å². The van der Waals surface area contributed by atoms with E-state index in [0.29, 0.717) is 136 Å². The lowest BCUT2D eigenvalue weighted by atomic mass is 9.88. The molecule has 3 atom stereocenters. The standard InChI is InChI=1S/C37H38N6O3.C36H35N5O3.C34H39N7O2/c1-45-30-17-16-28(34(21-30)46-2)24-43-35(18-15-25-9-4-3-5-10-25)41-42-36(43)33(20-29-23-39-32-14-7-6-13-31(29)32)40-37(44)27-12-8-11-26(19-27)22-38;1-43-29-19-18-27(33(22-29)44-2)24-41-34(20-17-25-11-5-3-6-12-25)39-40-35(41)32(38-36(42)26-13-7-4-8-14-26)21-28-23-37-31-16-10-9-15-30(28)31;1-43-27-14-11-25(12-15-27)23-41-31(16-13-24-7-3-2-4-8-24)39-40-32(41)30(38-33(42)34(35)17-19-36-20-18-34)21-26-22-37-29-10-6-5-9-28(26)29/h3-14,16-17,19,21,23,33,39H,15,18,20,22,24,38H2,1-2H3,(H,40,44);3-16,18-19,22-23,32,37H,17,20-21,24H2,1-2H3,(H,38,42);2-12,14-15,22,30,36-37H,13,16-21,23,35H2,1H3,(H,38,42)/t33-;32-;30-/m111/s1. The molecule has 1 aliphatic rings. The lowest BCUT2D eigenvalue weighted by Gasteiger charge is -2.34. The predicted molar refractivity (Wildman–Crippen MR) is 518 cm³/mol. The van der Waals surface area contributed by atoms with Crippen LogP contribution < -0.4 is 56.4 Å². The summed E-state index contributed by atoms with van der Waals surface area (Å²) in [5, 5.41) is 44.9. The molecule has 1 aliphatic heterocycles. The Kier molecular flexibility index (Phi) is 30.1. The zero-order valence-corrected chi connectivity index (χ0v) is 75.5. The Morgan fingerprint density at radius 3 is 1.13 bits per heavy atom. The molecular formula is C107H112N18O8. The van der Waals surface area contributed by atoms with Crippen LogP contribution in [0.5, 0.6) is 28.7 Å². The Morgan fingerprint density at radius 2 is 0.722 bits per heavy atom. The number of aromatic nitrogens is 12. The van der Waals surface area contributed by atoms with Crippen molar-refractivity contribution in [2.45, 2.75) is 120 Å². The smallest absolute Gasteiger partial charge is 0.251 e. The normalized spacial score (nSPS) is 12.9. The van der Waals surface area contributed by atoms with E-state index in [-0.39, 0.29) is 17.7 Å². The number of hydrogen-bond donors (Lipinski definition) is 9. The fourth-order valence-corrected chi connectivity index (χ4v) is 17.3.